The summed E-state index contributed by atoms with van der Waals surface area (Å²) in [6.07, 6.45) is 0. The maximum Gasteiger partial charge on any atom is 0.252 e. The molecule has 1 fully saturated rings. The van der Waals surface area contributed by atoms with E-state index in [-0.39, 0.29) is 43.1 Å². The van der Waals surface area contributed by atoms with Gasteiger partial charge in [-0.25, -0.2) is 0 Å². The van der Waals surface area contributed by atoms with Gasteiger partial charge in [-0.3, -0.25) is 14.6 Å². The minimum Gasteiger partial charge on any atom is -0.454 e. The van der Waals surface area contributed by atoms with Gasteiger partial charge in [0, 0.05) is 51.5 Å². The van der Waals surface area contributed by atoms with Crippen molar-refractivity contribution in [2.24, 2.45) is 0 Å². The Morgan fingerprint density at radius 3 is 2.38 bits per heavy atom. The van der Waals surface area contributed by atoms with Crippen molar-refractivity contribution < 1.29 is 14.3 Å². The van der Waals surface area contributed by atoms with Gasteiger partial charge in [-0.1, -0.05) is 17.7 Å². The van der Waals surface area contributed by atoms with Gasteiger partial charge in [0.1, 0.15) is 0 Å². The highest BCUT2D eigenvalue weighted by atomic mass is 35.5. The van der Waals surface area contributed by atoms with E-state index in [2.05, 4.69) is 27.2 Å². The summed E-state index contributed by atoms with van der Waals surface area (Å²) < 4.78 is 10.8. The van der Waals surface area contributed by atoms with Crippen LogP contribution in [0.3, 0.4) is 0 Å². The van der Waals surface area contributed by atoms with E-state index in [4.69, 9.17) is 26.8 Å². The first-order valence-electron chi connectivity index (χ1n) is 9.75. The van der Waals surface area contributed by atoms with Crippen LogP contribution >= 0.6 is 48.8 Å². The van der Waals surface area contributed by atoms with Crippen LogP contribution in [0.25, 0.3) is 0 Å². The van der Waals surface area contributed by atoms with Gasteiger partial charge in [0.2, 0.25) is 6.79 Å². The Kier molecular flexibility index (Phi) is 11.7. The fraction of sp³-hybridized carbons (Fsp3) is 0.381. The first kappa shape index (κ1) is 28.4. The Hall–Kier alpha value is -1.61. The van der Waals surface area contributed by atoms with Gasteiger partial charge >= 0.3 is 0 Å². The molecule has 3 N–H and O–H groups in total. The Bertz CT molecular complexity index is 895. The standard InChI is InChI=1S/C21H25ClN4O3.3ClH/c22-18-12-16(23)2-3-17(18)21(27)24-5-6-25-7-9-26(10-8-25)13-15-1-4-19-20(11-15)29-14-28-19;;;/h1-4,11-12H,5-10,13-14,23H2,(H,24,27);3*1H. The van der Waals surface area contributed by atoms with Crippen LogP contribution in [0.1, 0.15) is 15.9 Å². The van der Waals surface area contributed by atoms with Crippen LogP contribution < -0.4 is 20.5 Å². The number of anilines is 1. The van der Waals surface area contributed by atoms with E-state index in [1.54, 1.807) is 18.2 Å². The van der Waals surface area contributed by atoms with Crippen molar-refractivity contribution in [1.29, 1.82) is 0 Å². The molecule has 11 heteroatoms. The molecule has 2 aliphatic heterocycles. The fourth-order valence-electron chi connectivity index (χ4n) is 3.61. The highest BCUT2D eigenvalue weighted by molar-refractivity contribution is 6.34. The van der Waals surface area contributed by atoms with E-state index in [1.165, 1.54) is 5.56 Å². The molecule has 0 aromatic heterocycles. The topological polar surface area (TPSA) is 80.1 Å². The molecule has 0 saturated carbocycles. The van der Waals surface area contributed by atoms with Gasteiger partial charge in [-0.05, 0) is 35.9 Å². The predicted molar refractivity (Wildman–Crippen MR) is 134 cm³/mol. The van der Waals surface area contributed by atoms with Gasteiger partial charge < -0.3 is 20.5 Å². The highest BCUT2D eigenvalue weighted by Gasteiger charge is 2.19. The summed E-state index contributed by atoms with van der Waals surface area (Å²) in [4.78, 5) is 17.1. The molecule has 0 spiro atoms. The number of nitrogens with zero attached hydrogens (tertiary/aromatic N) is 2. The van der Waals surface area contributed by atoms with Crippen molar-refractivity contribution in [2.75, 3.05) is 51.8 Å². The lowest BCUT2D eigenvalue weighted by molar-refractivity contribution is 0.0934. The molecule has 4 rings (SSSR count). The number of halogens is 4. The number of fused-ring (bicyclic) bond motifs is 1. The second-order valence-corrected chi connectivity index (χ2v) is 7.71. The monoisotopic (exact) mass is 524 g/mol. The highest BCUT2D eigenvalue weighted by Crippen LogP contribution is 2.32. The molecule has 2 heterocycles. The number of ether oxygens (including phenoxy) is 2. The van der Waals surface area contributed by atoms with Crippen molar-refractivity contribution in [3.05, 3.63) is 52.5 Å². The number of carbonyl (C=O) groups excluding carboxylic acids is 1. The summed E-state index contributed by atoms with van der Waals surface area (Å²) in [5.74, 6) is 1.48. The smallest absolute Gasteiger partial charge is 0.252 e. The number of hydrogen-bond donors (Lipinski definition) is 2. The Balaban J connectivity index is 0.00000171. The Labute approximate surface area is 211 Å². The zero-order valence-corrected chi connectivity index (χ0v) is 20.6. The van der Waals surface area contributed by atoms with Gasteiger partial charge in [0.15, 0.2) is 11.5 Å². The molecule has 1 amide bonds. The molecule has 178 valence electrons. The van der Waals surface area contributed by atoms with Crippen LogP contribution in [0, 0.1) is 0 Å². The summed E-state index contributed by atoms with van der Waals surface area (Å²) in [6, 6.07) is 11.1. The first-order valence-corrected chi connectivity index (χ1v) is 10.1. The Morgan fingerprint density at radius 2 is 1.66 bits per heavy atom. The average Bonchev–Trinajstić information content (AvgIpc) is 3.17. The number of carbonyl (C=O) groups is 1. The number of nitrogens with one attached hydrogen (secondary N) is 1. The lowest BCUT2D eigenvalue weighted by atomic mass is 10.1. The molecule has 2 aromatic carbocycles. The van der Waals surface area contributed by atoms with E-state index >= 15 is 0 Å². The molecule has 32 heavy (non-hydrogen) atoms. The van der Waals surface area contributed by atoms with Crippen molar-refractivity contribution in [3.63, 3.8) is 0 Å². The molecular formula is C21H28Cl4N4O3. The van der Waals surface area contributed by atoms with Crippen LogP contribution in [0.15, 0.2) is 36.4 Å². The number of amides is 1. The number of piperazine rings is 1. The average molecular weight is 526 g/mol. The molecule has 0 radical (unpaired) electrons. The van der Waals surface area contributed by atoms with Gasteiger partial charge in [-0.2, -0.15) is 0 Å². The molecule has 7 nitrogen and oxygen atoms in total. The number of rotatable bonds is 6. The van der Waals surface area contributed by atoms with Crippen molar-refractivity contribution in [2.45, 2.75) is 6.54 Å². The van der Waals surface area contributed by atoms with Crippen LogP contribution in [0.5, 0.6) is 11.5 Å². The molecule has 2 aliphatic rings. The van der Waals surface area contributed by atoms with Crippen molar-refractivity contribution >= 4 is 60.4 Å². The van der Waals surface area contributed by atoms with Gasteiger partial charge in [-0.15, -0.1) is 37.2 Å². The van der Waals surface area contributed by atoms with Crippen LogP contribution in [-0.2, 0) is 6.54 Å². The largest absolute Gasteiger partial charge is 0.454 e. The maximum absolute atomic E-state index is 12.3. The second kappa shape index (κ2) is 13.2. The van der Waals surface area contributed by atoms with Crippen LogP contribution in [0.2, 0.25) is 5.02 Å². The molecule has 1 saturated heterocycles. The lowest BCUT2D eigenvalue weighted by Gasteiger charge is -2.34. The first-order chi connectivity index (χ1) is 14.1. The lowest BCUT2D eigenvalue weighted by Crippen LogP contribution is -2.48. The van der Waals surface area contributed by atoms with E-state index in [0.717, 1.165) is 50.8 Å². The summed E-state index contributed by atoms with van der Waals surface area (Å²) in [5.41, 5.74) is 7.90. The number of nitrogens with two attached hydrogens (primary N) is 1. The second-order valence-electron chi connectivity index (χ2n) is 7.30. The number of hydrogen-bond acceptors (Lipinski definition) is 6. The third kappa shape index (κ3) is 7.20. The molecular weight excluding hydrogens is 498 g/mol. The number of benzene rings is 2. The van der Waals surface area contributed by atoms with Crippen molar-refractivity contribution in [1.82, 2.24) is 15.1 Å². The third-order valence-electron chi connectivity index (χ3n) is 5.26. The molecule has 0 atom stereocenters. The quantitative estimate of drug-likeness (QED) is 0.562. The normalized spacial score (nSPS) is 15.2. The SMILES string of the molecule is Cl.Cl.Cl.Nc1ccc(C(=O)NCCN2CCN(Cc3ccc4c(c3)OCO4)CC2)c(Cl)c1. The van der Waals surface area contributed by atoms with Crippen molar-refractivity contribution in [3.8, 4) is 11.5 Å². The zero-order chi connectivity index (χ0) is 20.2. The summed E-state index contributed by atoms with van der Waals surface area (Å²) in [7, 11) is 0. The summed E-state index contributed by atoms with van der Waals surface area (Å²) in [6.45, 7) is 6.54. The number of nitrogen functional groups attached to an aromatic ring is 1. The van der Waals surface area contributed by atoms with E-state index < -0.39 is 0 Å². The molecule has 2 aromatic rings. The Morgan fingerprint density at radius 1 is 0.969 bits per heavy atom. The predicted octanol–water partition coefficient (Wildman–Crippen LogP) is 3.46. The van der Waals surface area contributed by atoms with Gasteiger partial charge in [0.25, 0.3) is 5.91 Å². The minimum absolute atomic E-state index is 0. The fourth-order valence-corrected chi connectivity index (χ4v) is 3.88. The van der Waals surface area contributed by atoms with E-state index in [1.807, 2.05) is 6.07 Å². The van der Waals surface area contributed by atoms with Crippen LogP contribution in [-0.4, -0.2) is 61.8 Å². The van der Waals surface area contributed by atoms with Gasteiger partial charge in [0.05, 0.1) is 10.6 Å². The minimum atomic E-state index is -0.170. The summed E-state index contributed by atoms with van der Waals surface area (Å²) in [5, 5.41) is 3.31. The maximum atomic E-state index is 12.3. The van der Waals surface area contributed by atoms with E-state index in [9.17, 15) is 4.79 Å². The summed E-state index contributed by atoms with van der Waals surface area (Å²) >= 11 is 6.09. The zero-order valence-electron chi connectivity index (χ0n) is 17.4. The van der Waals surface area contributed by atoms with E-state index in [0.29, 0.717) is 29.6 Å². The molecule has 0 bridgehead atoms. The third-order valence-corrected chi connectivity index (χ3v) is 5.57. The molecule has 0 unspecified atom stereocenters. The van der Waals surface area contributed by atoms with Crippen LogP contribution in [0.4, 0.5) is 5.69 Å². The molecule has 0 aliphatic carbocycles.